The molecule has 4 rings (SSSR count). The van der Waals surface area contributed by atoms with E-state index < -0.39 is 5.91 Å². The third-order valence-corrected chi connectivity index (χ3v) is 4.66. The van der Waals surface area contributed by atoms with Crippen LogP contribution in [-0.2, 0) is 0 Å². The molecule has 0 aliphatic carbocycles. The minimum absolute atomic E-state index is 0.0178. The Morgan fingerprint density at radius 1 is 1.18 bits per heavy atom. The van der Waals surface area contributed by atoms with Gasteiger partial charge in [-0.15, -0.1) is 5.10 Å². The first-order chi connectivity index (χ1) is 16.2. The Hall–Kier alpha value is -4.54. The first-order valence-electron chi connectivity index (χ1n) is 10.3. The van der Waals surface area contributed by atoms with Crippen molar-refractivity contribution in [1.82, 2.24) is 30.7 Å². The average molecular weight is 446 g/mol. The Balaban J connectivity index is 1.52. The highest BCUT2D eigenvalue weighted by Gasteiger charge is 2.24. The van der Waals surface area contributed by atoms with Crippen LogP contribution in [0.1, 0.15) is 35.8 Å². The highest BCUT2D eigenvalue weighted by Crippen LogP contribution is 2.26. The molecule has 0 spiro atoms. The summed E-state index contributed by atoms with van der Waals surface area (Å²) in [4.78, 5) is 12.8. The topological polar surface area (TPSA) is 146 Å². The zero-order valence-electron chi connectivity index (χ0n) is 17.9. The van der Waals surface area contributed by atoms with Crippen LogP contribution in [0.3, 0.4) is 0 Å². The first-order valence-corrected chi connectivity index (χ1v) is 10.3. The number of aromatic nitrogens is 5. The molecule has 11 heteroatoms. The fourth-order valence-corrected chi connectivity index (χ4v) is 2.98. The van der Waals surface area contributed by atoms with E-state index in [1.165, 1.54) is 10.9 Å². The maximum atomic E-state index is 12.8. The molecule has 0 saturated heterocycles. The van der Waals surface area contributed by atoms with Gasteiger partial charge in [-0.3, -0.25) is 4.79 Å². The summed E-state index contributed by atoms with van der Waals surface area (Å²) in [6.45, 7) is 2.79. The summed E-state index contributed by atoms with van der Waals surface area (Å²) in [5.41, 5.74) is 10.2. The van der Waals surface area contributed by atoms with Gasteiger partial charge in [-0.05, 0) is 46.6 Å². The third kappa shape index (κ3) is 5.03. The Bertz CT molecular complexity index is 1230. The van der Waals surface area contributed by atoms with E-state index in [0.29, 0.717) is 17.9 Å². The van der Waals surface area contributed by atoms with E-state index in [1.807, 2.05) is 54.6 Å². The number of hydrogen-bond acceptors (Lipinski definition) is 9. The summed E-state index contributed by atoms with van der Waals surface area (Å²) >= 11 is 0. The molecule has 168 valence electrons. The molecule has 0 saturated carbocycles. The molecule has 0 unspecified atom stereocenters. The second-order valence-corrected chi connectivity index (χ2v) is 7.01. The van der Waals surface area contributed by atoms with Crippen LogP contribution in [0.2, 0.25) is 0 Å². The number of rotatable bonds is 9. The van der Waals surface area contributed by atoms with Gasteiger partial charge in [0, 0.05) is 5.56 Å². The highest BCUT2D eigenvalue weighted by atomic mass is 16.6. The van der Waals surface area contributed by atoms with E-state index in [0.717, 1.165) is 24.2 Å². The predicted octanol–water partition coefficient (Wildman–Crippen LogP) is 2.84. The number of amides is 1. The van der Waals surface area contributed by atoms with Crippen molar-refractivity contribution < 1.29 is 14.2 Å². The summed E-state index contributed by atoms with van der Waals surface area (Å²) < 4.78 is 11.6. The summed E-state index contributed by atoms with van der Waals surface area (Å²) in [5.74, 6) is 0.385. The maximum absolute atomic E-state index is 12.8. The molecule has 3 N–H and O–H groups in total. The normalized spacial score (nSPS) is 11.1. The average Bonchev–Trinajstić information content (AvgIpc) is 3.47. The van der Waals surface area contributed by atoms with Crippen molar-refractivity contribution in [2.24, 2.45) is 5.10 Å². The number of anilines is 1. The monoisotopic (exact) mass is 446 g/mol. The number of carbonyl (C=O) groups excluding carboxylic acids is 1. The van der Waals surface area contributed by atoms with Crippen molar-refractivity contribution in [3.8, 4) is 22.8 Å². The van der Waals surface area contributed by atoms with Crippen molar-refractivity contribution in [2.45, 2.75) is 19.8 Å². The van der Waals surface area contributed by atoms with E-state index >= 15 is 0 Å². The second-order valence-electron chi connectivity index (χ2n) is 7.01. The van der Waals surface area contributed by atoms with Crippen LogP contribution < -0.4 is 15.9 Å². The van der Waals surface area contributed by atoms with Crippen molar-refractivity contribution in [3.05, 3.63) is 65.9 Å². The predicted molar refractivity (Wildman–Crippen MR) is 121 cm³/mol. The molecule has 0 aliphatic rings. The van der Waals surface area contributed by atoms with Crippen molar-refractivity contribution >= 4 is 17.9 Å². The first kappa shape index (κ1) is 21.7. The summed E-state index contributed by atoms with van der Waals surface area (Å²) in [7, 11) is 0. The fourth-order valence-electron chi connectivity index (χ4n) is 2.98. The number of unbranched alkanes of at least 4 members (excludes halogenated alkanes) is 1. The molecule has 2 aromatic heterocycles. The molecular formula is C22H22N8O3. The molecule has 0 bridgehead atoms. The quantitative estimate of drug-likeness (QED) is 0.227. The van der Waals surface area contributed by atoms with Gasteiger partial charge < -0.3 is 10.5 Å². The highest BCUT2D eigenvalue weighted by molar-refractivity contribution is 5.98. The van der Waals surface area contributed by atoms with E-state index in [1.54, 1.807) is 0 Å². The van der Waals surface area contributed by atoms with Gasteiger partial charge in [0.25, 0.3) is 5.91 Å². The minimum atomic E-state index is -0.550. The van der Waals surface area contributed by atoms with E-state index in [2.05, 4.69) is 42.7 Å². The van der Waals surface area contributed by atoms with Crippen LogP contribution in [-0.4, -0.2) is 44.0 Å². The standard InChI is InChI=1S/C22H22N8O3/c1-2-3-13-32-17-11-9-15(10-12-17)14-24-26-22(31)18-19(16-7-5-4-6-8-16)30(29-25-18)21-20(23)27-33-28-21/h4-12,14H,2-3,13H2,1H3,(H2,23,27)(H,26,31)/b24-14-. The number of hydrazone groups is 1. The van der Waals surface area contributed by atoms with E-state index in [-0.39, 0.29) is 17.3 Å². The molecule has 0 fully saturated rings. The number of nitrogens with one attached hydrogen (secondary N) is 1. The maximum Gasteiger partial charge on any atom is 0.294 e. The van der Waals surface area contributed by atoms with Gasteiger partial charge in [0.15, 0.2) is 5.69 Å². The van der Waals surface area contributed by atoms with E-state index in [9.17, 15) is 4.79 Å². The summed E-state index contributed by atoms with van der Waals surface area (Å²) in [6.07, 6.45) is 3.61. The SMILES string of the molecule is CCCCOc1ccc(/C=N\NC(=O)c2nnn(-c3nonc3N)c2-c2ccccc2)cc1. The molecule has 0 aliphatic heterocycles. The molecule has 1 amide bonds. The van der Waals surface area contributed by atoms with Gasteiger partial charge >= 0.3 is 0 Å². The van der Waals surface area contributed by atoms with Crippen molar-refractivity contribution in [2.75, 3.05) is 12.3 Å². The van der Waals surface area contributed by atoms with Crippen LogP contribution in [0.15, 0.2) is 64.3 Å². The Morgan fingerprint density at radius 2 is 1.97 bits per heavy atom. The molecule has 2 aromatic carbocycles. The molecule has 0 radical (unpaired) electrons. The molecular weight excluding hydrogens is 424 g/mol. The largest absolute Gasteiger partial charge is 0.494 e. The van der Waals surface area contributed by atoms with Gasteiger partial charge in [0.05, 0.1) is 12.8 Å². The van der Waals surface area contributed by atoms with Gasteiger partial charge in [-0.25, -0.2) is 10.1 Å². The summed E-state index contributed by atoms with van der Waals surface area (Å²) in [6, 6.07) is 16.5. The zero-order chi connectivity index (χ0) is 23.0. The number of ether oxygens (including phenoxy) is 1. The molecule has 0 atom stereocenters. The van der Waals surface area contributed by atoms with Gasteiger partial charge in [-0.1, -0.05) is 48.9 Å². The lowest BCUT2D eigenvalue weighted by atomic mass is 10.1. The van der Waals surface area contributed by atoms with Gasteiger partial charge in [0.2, 0.25) is 11.6 Å². The van der Waals surface area contributed by atoms with Crippen LogP contribution >= 0.6 is 0 Å². The number of hydrogen-bond donors (Lipinski definition) is 2. The van der Waals surface area contributed by atoms with E-state index in [4.69, 9.17) is 10.5 Å². The third-order valence-electron chi connectivity index (χ3n) is 4.66. The number of benzene rings is 2. The number of nitrogens with two attached hydrogens (primary N) is 1. The number of carbonyl (C=O) groups is 1. The van der Waals surface area contributed by atoms with Crippen LogP contribution in [0, 0.1) is 0 Å². The van der Waals surface area contributed by atoms with Crippen LogP contribution in [0.4, 0.5) is 5.82 Å². The zero-order valence-corrected chi connectivity index (χ0v) is 17.9. The number of nitrogen functional groups attached to an aromatic ring is 1. The van der Waals surface area contributed by atoms with Crippen LogP contribution in [0.25, 0.3) is 17.1 Å². The van der Waals surface area contributed by atoms with Crippen LogP contribution in [0.5, 0.6) is 5.75 Å². The Kier molecular flexibility index (Phi) is 6.69. The second kappa shape index (κ2) is 10.2. The molecule has 33 heavy (non-hydrogen) atoms. The van der Waals surface area contributed by atoms with Crippen molar-refractivity contribution in [3.63, 3.8) is 0 Å². The Morgan fingerprint density at radius 3 is 2.67 bits per heavy atom. The lowest BCUT2D eigenvalue weighted by molar-refractivity contribution is 0.0950. The smallest absolute Gasteiger partial charge is 0.294 e. The van der Waals surface area contributed by atoms with Crippen molar-refractivity contribution in [1.29, 1.82) is 0 Å². The van der Waals surface area contributed by atoms with Gasteiger partial charge in [0.1, 0.15) is 11.4 Å². The molecule has 2 heterocycles. The van der Waals surface area contributed by atoms with Gasteiger partial charge in [-0.2, -0.15) is 9.78 Å². The Labute approximate surface area is 189 Å². The lowest BCUT2D eigenvalue weighted by Gasteiger charge is -2.06. The lowest BCUT2D eigenvalue weighted by Crippen LogP contribution is -2.19. The molecule has 4 aromatic rings. The summed E-state index contributed by atoms with van der Waals surface area (Å²) in [5, 5.41) is 19.4. The fraction of sp³-hybridized carbons (Fsp3) is 0.182. The minimum Gasteiger partial charge on any atom is -0.494 e. The molecule has 11 nitrogen and oxygen atoms in total. The number of nitrogens with zero attached hydrogens (tertiary/aromatic N) is 6.